The molecular weight excluding hydrogens is 857 g/mol. The molecule has 4 aliphatic carbocycles. The number of aliphatic imine (C=N–C) groups is 1. The maximum absolute atomic E-state index is 13.5. The number of nitrogen functional groups attached to an aromatic ring is 2. The molecule has 0 saturated heterocycles. The van der Waals surface area contributed by atoms with Gasteiger partial charge in [0.15, 0.2) is 19.7 Å². The fraction of sp³-hybridized carbons (Fsp3) is 0.565. The quantitative estimate of drug-likeness (QED) is 0.0490. The SMILES string of the molecule is C.C.Cc1noc(C)c1-c1cc(N)c(N)c(S(=O)(=O)CC2CCCC2)c1.Cc1noc(C)c1-c1cc(S(=O)(=O)CC2CCCC2)c2nc(NCC3CC3)[nH]c2c1.S=C=NCC1CC1. The van der Waals surface area contributed by atoms with Gasteiger partial charge in [-0.05, 0) is 150 Å². The predicted octanol–water partition coefficient (Wildman–Crippen LogP) is 10.5. The zero-order valence-corrected chi connectivity index (χ0v) is 38.0. The van der Waals surface area contributed by atoms with Crippen molar-refractivity contribution in [3.05, 3.63) is 47.2 Å². The van der Waals surface area contributed by atoms with Crippen molar-refractivity contribution >= 4 is 65.4 Å². The third-order valence-corrected chi connectivity index (χ3v) is 16.2. The molecule has 0 unspecified atom stereocenters. The van der Waals surface area contributed by atoms with Crippen LogP contribution in [0.15, 0.2) is 48.1 Å². The van der Waals surface area contributed by atoms with Crippen LogP contribution in [-0.2, 0) is 19.7 Å². The van der Waals surface area contributed by atoms with Crippen molar-refractivity contribution in [1.29, 1.82) is 0 Å². The molecular formula is C46H66N8O6S3. The summed E-state index contributed by atoms with van der Waals surface area (Å²) in [6, 6.07) is 6.98. The minimum Gasteiger partial charge on any atom is -0.397 e. The van der Waals surface area contributed by atoms with Crippen LogP contribution in [0.4, 0.5) is 17.3 Å². The van der Waals surface area contributed by atoms with Crippen molar-refractivity contribution in [2.24, 2.45) is 28.7 Å². The number of H-pyrrole nitrogens is 1. The van der Waals surface area contributed by atoms with Gasteiger partial charge in [-0.1, -0.05) is 50.8 Å². The first-order valence-corrected chi connectivity index (χ1v) is 25.2. The van der Waals surface area contributed by atoms with Gasteiger partial charge in [0, 0.05) is 17.7 Å². The summed E-state index contributed by atoms with van der Waals surface area (Å²) in [7, 11) is -6.97. The Morgan fingerprint density at radius 2 is 1.22 bits per heavy atom. The number of benzene rings is 2. The molecule has 0 amide bonds. The first kappa shape index (κ1) is 49.4. The van der Waals surface area contributed by atoms with E-state index in [0.29, 0.717) is 45.1 Å². The fourth-order valence-electron chi connectivity index (χ4n) is 8.57. The van der Waals surface area contributed by atoms with Gasteiger partial charge in [-0.2, -0.15) is 0 Å². The Hall–Kier alpha value is -4.57. The Balaban J connectivity index is 0.000000203. The van der Waals surface area contributed by atoms with E-state index >= 15 is 0 Å². The zero-order valence-electron chi connectivity index (χ0n) is 35.6. The second-order valence-corrected chi connectivity index (χ2v) is 21.6. The number of nitrogens with two attached hydrogens (primary N) is 2. The number of aromatic amines is 1. The van der Waals surface area contributed by atoms with E-state index in [-0.39, 0.29) is 54.5 Å². The van der Waals surface area contributed by atoms with E-state index in [4.69, 9.17) is 20.5 Å². The lowest BCUT2D eigenvalue weighted by Crippen LogP contribution is -2.16. The third kappa shape index (κ3) is 12.2. The highest BCUT2D eigenvalue weighted by Crippen LogP contribution is 2.39. The van der Waals surface area contributed by atoms with Crippen LogP contribution in [0.1, 0.15) is 115 Å². The number of anilines is 3. The number of sulfone groups is 2. The molecule has 3 heterocycles. The number of imidazole rings is 1. The van der Waals surface area contributed by atoms with Crippen LogP contribution in [0, 0.1) is 51.4 Å². The van der Waals surface area contributed by atoms with Crippen molar-refractivity contribution in [3.8, 4) is 22.3 Å². The van der Waals surface area contributed by atoms with Gasteiger partial charge in [0.05, 0.1) is 61.3 Å². The number of hydrogen-bond donors (Lipinski definition) is 4. The highest BCUT2D eigenvalue weighted by molar-refractivity contribution is 7.92. The third-order valence-electron chi connectivity index (χ3n) is 12.3. The number of isothiocyanates is 1. The molecule has 0 bridgehead atoms. The molecule has 0 atom stereocenters. The molecule has 14 nitrogen and oxygen atoms in total. The van der Waals surface area contributed by atoms with Crippen molar-refractivity contribution in [3.63, 3.8) is 0 Å². The van der Waals surface area contributed by atoms with Gasteiger partial charge in [0.25, 0.3) is 0 Å². The lowest BCUT2D eigenvalue weighted by atomic mass is 10.0. The van der Waals surface area contributed by atoms with Crippen LogP contribution < -0.4 is 16.8 Å². The molecule has 0 radical (unpaired) electrons. The van der Waals surface area contributed by atoms with Gasteiger partial charge in [0.2, 0.25) is 5.95 Å². The highest BCUT2D eigenvalue weighted by Gasteiger charge is 2.30. The molecule has 5 aromatic rings. The summed E-state index contributed by atoms with van der Waals surface area (Å²) < 4.78 is 63.2. The van der Waals surface area contributed by atoms with E-state index in [1.807, 2.05) is 26.8 Å². The number of nitrogens with one attached hydrogen (secondary N) is 2. The summed E-state index contributed by atoms with van der Waals surface area (Å²) in [5, 5.41) is 13.6. The van der Waals surface area contributed by atoms with Crippen LogP contribution >= 0.6 is 12.2 Å². The summed E-state index contributed by atoms with van der Waals surface area (Å²) in [5.74, 6) is 4.24. The van der Waals surface area contributed by atoms with Gasteiger partial charge < -0.3 is 30.8 Å². The van der Waals surface area contributed by atoms with E-state index in [1.165, 1.54) is 25.7 Å². The molecule has 6 N–H and O–H groups in total. The predicted molar refractivity (Wildman–Crippen MR) is 257 cm³/mol. The smallest absolute Gasteiger partial charge is 0.201 e. The first-order valence-electron chi connectivity index (χ1n) is 21.5. The van der Waals surface area contributed by atoms with Gasteiger partial charge in [0.1, 0.15) is 17.0 Å². The molecule has 0 aliphatic heterocycles. The number of nitrogens with zero attached hydrogens (tertiary/aromatic N) is 4. The van der Waals surface area contributed by atoms with E-state index in [9.17, 15) is 16.8 Å². The zero-order chi connectivity index (χ0) is 43.5. The summed E-state index contributed by atoms with van der Waals surface area (Å²) >= 11 is 4.38. The van der Waals surface area contributed by atoms with Crippen LogP contribution in [0.5, 0.6) is 0 Å². The van der Waals surface area contributed by atoms with E-state index in [0.717, 1.165) is 98.3 Å². The number of fused-ring (bicyclic) bond motifs is 1. The van der Waals surface area contributed by atoms with Crippen LogP contribution in [0.3, 0.4) is 0 Å². The van der Waals surface area contributed by atoms with Crippen molar-refractivity contribution < 1.29 is 25.9 Å². The molecule has 344 valence electrons. The fourth-order valence-corrected chi connectivity index (χ4v) is 12.4. The van der Waals surface area contributed by atoms with Gasteiger partial charge in [-0.15, -0.1) is 0 Å². The Kier molecular flexibility index (Phi) is 16.4. The largest absolute Gasteiger partial charge is 0.397 e. The maximum Gasteiger partial charge on any atom is 0.201 e. The van der Waals surface area contributed by atoms with Gasteiger partial charge in [-0.3, -0.25) is 0 Å². The van der Waals surface area contributed by atoms with Crippen LogP contribution in [-0.4, -0.2) is 66.9 Å². The molecule has 4 saturated carbocycles. The maximum atomic E-state index is 13.5. The van der Waals surface area contributed by atoms with Crippen LogP contribution in [0.25, 0.3) is 33.3 Å². The van der Waals surface area contributed by atoms with Crippen molar-refractivity contribution in [1.82, 2.24) is 20.3 Å². The Morgan fingerprint density at radius 1 is 0.730 bits per heavy atom. The molecule has 63 heavy (non-hydrogen) atoms. The number of aryl methyl sites for hydroxylation is 4. The van der Waals surface area contributed by atoms with Gasteiger partial charge >= 0.3 is 0 Å². The minimum atomic E-state index is -3.49. The molecule has 4 fully saturated rings. The summed E-state index contributed by atoms with van der Waals surface area (Å²) in [6.07, 6.45) is 13.5. The van der Waals surface area contributed by atoms with Crippen LogP contribution in [0.2, 0.25) is 0 Å². The monoisotopic (exact) mass is 922 g/mol. The second kappa shape index (κ2) is 21.0. The minimum absolute atomic E-state index is 0. The lowest BCUT2D eigenvalue weighted by molar-refractivity contribution is 0.393. The number of aromatic nitrogens is 4. The standard InChI is InChI=1S/C22H28N4O3S.C17H23N3O3S.C5H7NS.2CH4/c1-13-20(14(2)29-26-13)17-9-18-21(25-22(24-18)23-11-15-7-8-15)19(10-17)30(27,28)12-16-5-3-4-6-16;1-10-16(11(2)23-20-10)13-7-14(18)17(19)15(8-13)24(21,22)9-12-5-3-4-6-12;7-4-6-3-5-1-2-5;;/h9-10,15-16H,3-8,11-12H2,1-2H3,(H2,23,24,25);7-8,12H,3-6,9,18-19H2,1-2H3;5H,1-3H2;2*1H4. The van der Waals surface area contributed by atoms with E-state index < -0.39 is 19.7 Å². The molecule has 0 spiro atoms. The molecule has 9 rings (SSSR count). The number of thiocarbonyl (C=S) groups is 1. The number of rotatable bonds is 13. The summed E-state index contributed by atoms with van der Waals surface area (Å²) in [6.45, 7) is 9.10. The average molecular weight is 923 g/mol. The average Bonchev–Trinajstić information content (AvgIpc) is 3.91. The summed E-state index contributed by atoms with van der Waals surface area (Å²) in [4.78, 5) is 12.1. The number of hydrogen-bond acceptors (Lipinski definition) is 14. The highest BCUT2D eigenvalue weighted by atomic mass is 32.2. The molecule has 17 heteroatoms. The lowest BCUT2D eigenvalue weighted by Gasteiger charge is -2.15. The van der Waals surface area contributed by atoms with Crippen molar-refractivity contribution in [2.75, 3.05) is 41.4 Å². The molecule has 3 aromatic heterocycles. The molecule has 2 aromatic carbocycles. The Labute approximate surface area is 378 Å². The topological polar surface area (TPSA) is 225 Å². The Bertz CT molecular complexity index is 2590. The second-order valence-electron chi connectivity index (χ2n) is 17.4. The van der Waals surface area contributed by atoms with E-state index in [1.54, 1.807) is 25.1 Å². The summed E-state index contributed by atoms with van der Waals surface area (Å²) in [5.41, 5.74) is 18.1. The first-order chi connectivity index (χ1) is 29.1. The van der Waals surface area contributed by atoms with Crippen molar-refractivity contribution in [2.45, 2.75) is 129 Å². The van der Waals surface area contributed by atoms with Gasteiger partial charge in [-0.25, -0.2) is 26.8 Å². The normalized spacial score (nSPS) is 16.6. The Morgan fingerprint density at radius 3 is 1.70 bits per heavy atom. The van der Waals surface area contributed by atoms with E-state index in [2.05, 4.69) is 48.0 Å². The molecule has 4 aliphatic rings.